The van der Waals surface area contributed by atoms with E-state index in [9.17, 15) is 13.2 Å². The summed E-state index contributed by atoms with van der Waals surface area (Å²) in [5.41, 5.74) is 4.37. The van der Waals surface area contributed by atoms with Gasteiger partial charge in [0, 0.05) is 0 Å². The van der Waals surface area contributed by atoms with Crippen LogP contribution in [0, 0.1) is 5.95 Å². The molecule has 72 valence electrons. The molecule has 0 spiro atoms. The number of anilines is 1. The lowest BCUT2D eigenvalue weighted by Crippen LogP contribution is -2.02. The van der Waals surface area contributed by atoms with Crippen molar-refractivity contribution in [2.45, 2.75) is 6.43 Å². The minimum atomic E-state index is -2.93. The number of aromatic nitrogens is 1. The maximum Gasteiger partial charge on any atom is 0.268 e. The number of alkyl halides is 2. The highest BCUT2D eigenvalue weighted by molar-refractivity contribution is 5.47. The van der Waals surface area contributed by atoms with Crippen molar-refractivity contribution in [1.82, 2.24) is 4.98 Å². The molecule has 0 fully saturated rings. The van der Waals surface area contributed by atoms with E-state index in [0.29, 0.717) is 0 Å². The molecule has 0 bridgehead atoms. The molecule has 0 saturated carbocycles. The number of pyridine rings is 1. The van der Waals surface area contributed by atoms with Crippen LogP contribution in [0.25, 0.3) is 0 Å². The molecule has 2 N–H and O–H groups in total. The van der Waals surface area contributed by atoms with Crippen LogP contribution in [-0.2, 0) is 0 Å². The van der Waals surface area contributed by atoms with Crippen LogP contribution >= 0.6 is 0 Å². The van der Waals surface area contributed by atoms with Crippen LogP contribution in [-0.4, -0.2) is 12.1 Å². The third-order valence-electron chi connectivity index (χ3n) is 1.45. The summed E-state index contributed by atoms with van der Waals surface area (Å²) in [7, 11) is 1.24. The van der Waals surface area contributed by atoms with Gasteiger partial charge in [-0.05, 0) is 6.07 Å². The highest BCUT2D eigenvalue weighted by Crippen LogP contribution is 2.28. The Morgan fingerprint density at radius 1 is 1.54 bits per heavy atom. The van der Waals surface area contributed by atoms with Crippen molar-refractivity contribution in [1.29, 1.82) is 0 Å². The minimum absolute atomic E-state index is 0.0586. The average Bonchev–Trinajstić information content (AvgIpc) is 2.03. The molecule has 3 nitrogen and oxygen atoms in total. The van der Waals surface area contributed by atoms with E-state index in [1.54, 1.807) is 0 Å². The van der Waals surface area contributed by atoms with Gasteiger partial charge in [-0.15, -0.1) is 0 Å². The number of hydrogen-bond acceptors (Lipinski definition) is 3. The van der Waals surface area contributed by atoms with Gasteiger partial charge in [0.25, 0.3) is 6.43 Å². The fraction of sp³-hybridized carbons (Fsp3) is 0.286. The van der Waals surface area contributed by atoms with Gasteiger partial charge in [0.2, 0.25) is 5.95 Å². The fourth-order valence-electron chi connectivity index (χ4n) is 0.817. The molecular weight excluding hydrogens is 185 g/mol. The maximum absolute atomic E-state index is 12.7. The summed E-state index contributed by atoms with van der Waals surface area (Å²) in [6, 6.07) is 0.836. The van der Waals surface area contributed by atoms with Crippen molar-refractivity contribution in [3.05, 3.63) is 17.6 Å². The quantitative estimate of drug-likeness (QED) is 0.726. The second-order valence-electron chi connectivity index (χ2n) is 2.26. The number of rotatable bonds is 2. The lowest BCUT2D eigenvalue weighted by molar-refractivity contribution is 0.144. The molecule has 0 unspecified atom stereocenters. The van der Waals surface area contributed by atoms with Gasteiger partial charge >= 0.3 is 0 Å². The molecule has 0 aromatic carbocycles. The van der Waals surface area contributed by atoms with Gasteiger partial charge in [0.15, 0.2) is 11.6 Å². The van der Waals surface area contributed by atoms with Crippen molar-refractivity contribution in [3.63, 3.8) is 0 Å². The molecule has 6 heteroatoms. The minimum Gasteiger partial charge on any atom is -0.493 e. The zero-order valence-electron chi connectivity index (χ0n) is 6.72. The SMILES string of the molecule is COc1cc(C(F)F)c(F)nc1N. The molecule has 1 heterocycles. The Balaban J connectivity index is 3.22. The predicted molar refractivity (Wildman–Crippen MR) is 40.1 cm³/mol. The fourth-order valence-corrected chi connectivity index (χ4v) is 0.817. The molecule has 1 aromatic rings. The molecular formula is C7H7F3N2O. The lowest BCUT2D eigenvalue weighted by Gasteiger charge is -2.06. The first kappa shape index (κ1) is 9.63. The Kier molecular flexibility index (Phi) is 2.60. The number of methoxy groups -OCH3 is 1. The third-order valence-corrected chi connectivity index (χ3v) is 1.45. The normalized spacial score (nSPS) is 10.5. The van der Waals surface area contributed by atoms with Crippen molar-refractivity contribution in [2.24, 2.45) is 0 Å². The molecule has 0 aliphatic carbocycles. The number of nitrogens with two attached hydrogens (primary N) is 1. The largest absolute Gasteiger partial charge is 0.493 e. The van der Waals surface area contributed by atoms with Gasteiger partial charge in [-0.2, -0.15) is 9.37 Å². The first-order valence-corrected chi connectivity index (χ1v) is 3.34. The summed E-state index contributed by atoms with van der Waals surface area (Å²) in [5, 5.41) is 0. The van der Waals surface area contributed by atoms with Gasteiger partial charge < -0.3 is 10.5 Å². The highest BCUT2D eigenvalue weighted by Gasteiger charge is 2.17. The number of nitrogens with zero attached hydrogens (tertiary/aromatic N) is 1. The first-order valence-electron chi connectivity index (χ1n) is 3.34. The predicted octanol–water partition coefficient (Wildman–Crippen LogP) is 1.75. The summed E-state index contributed by atoms with van der Waals surface area (Å²) >= 11 is 0. The van der Waals surface area contributed by atoms with E-state index < -0.39 is 17.9 Å². The van der Waals surface area contributed by atoms with E-state index in [2.05, 4.69) is 9.72 Å². The van der Waals surface area contributed by atoms with Gasteiger partial charge in [-0.3, -0.25) is 0 Å². The van der Waals surface area contributed by atoms with Crippen LogP contribution in [0.1, 0.15) is 12.0 Å². The van der Waals surface area contributed by atoms with Crippen LogP contribution < -0.4 is 10.5 Å². The second-order valence-corrected chi connectivity index (χ2v) is 2.26. The van der Waals surface area contributed by atoms with Gasteiger partial charge in [-0.25, -0.2) is 8.78 Å². The Morgan fingerprint density at radius 2 is 2.15 bits per heavy atom. The molecule has 0 amide bonds. The lowest BCUT2D eigenvalue weighted by atomic mass is 10.2. The molecule has 0 aliphatic rings. The van der Waals surface area contributed by atoms with Crippen LogP contribution in [0.4, 0.5) is 19.0 Å². The summed E-state index contributed by atoms with van der Waals surface area (Å²) in [6.07, 6.45) is -2.93. The molecule has 0 aliphatic heterocycles. The monoisotopic (exact) mass is 192 g/mol. The van der Waals surface area contributed by atoms with Crippen molar-refractivity contribution in [2.75, 3.05) is 12.8 Å². The van der Waals surface area contributed by atoms with E-state index >= 15 is 0 Å². The van der Waals surface area contributed by atoms with Crippen molar-refractivity contribution in [3.8, 4) is 5.75 Å². The van der Waals surface area contributed by atoms with E-state index in [0.717, 1.165) is 6.07 Å². The number of ether oxygens (including phenoxy) is 1. The van der Waals surface area contributed by atoms with E-state index in [1.807, 2.05) is 0 Å². The Labute approximate surface area is 72.3 Å². The van der Waals surface area contributed by atoms with Gasteiger partial charge in [-0.1, -0.05) is 0 Å². The van der Waals surface area contributed by atoms with Gasteiger partial charge in [0.1, 0.15) is 0 Å². The smallest absolute Gasteiger partial charge is 0.268 e. The van der Waals surface area contributed by atoms with Crippen LogP contribution in [0.15, 0.2) is 6.07 Å². The Bertz CT molecular complexity index is 317. The number of hydrogen-bond donors (Lipinski definition) is 1. The number of nitrogen functional groups attached to an aromatic ring is 1. The average molecular weight is 192 g/mol. The summed E-state index contributed by atoms with van der Waals surface area (Å²) < 4.78 is 41.5. The number of halogens is 3. The maximum atomic E-state index is 12.7. The summed E-state index contributed by atoms with van der Waals surface area (Å²) in [4.78, 5) is 3.07. The Morgan fingerprint density at radius 3 is 2.62 bits per heavy atom. The van der Waals surface area contributed by atoms with E-state index in [4.69, 9.17) is 5.73 Å². The zero-order chi connectivity index (χ0) is 10.0. The summed E-state index contributed by atoms with van der Waals surface area (Å²) in [6.45, 7) is 0. The highest BCUT2D eigenvalue weighted by atomic mass is 19.3. The zero-order valence-corrected chi connectivity index (χ0v) is 6.72. The first-order chi connectivity index (χ1) is 6.06. The van der Waals surface area contributed by atoms with Crippen LogP contribution in [0.5, 0.6) is 5.75 Å². The molecule has 0 atom stereocenters. The second kappa shape index (κ2) is 3.51. The van der Waals surface area contributed by atoms with Crippen molar-refractivity contribution >= 4 is 5.82 Å². The van der Waals surface area contributed by atoms with E-state index in [1.165, 1.54) is 7.11 Å². The Hall–Kier alpha value is -1.46. The third kappa shape index (κ3) is 1.82. The summed E-state index contributed by atoms with van der Waals surface area (Å²) in [5.74, 6) is -1.57. The molecule has 1 aromatic heterocycles. The molecule has 0 saturated heterocycles. The van der Waals surface area contributed by atoms with Crippen LogP contribution in [0.3, 0.4) is 0 Å². The molecule has 1 rings (SSSR count). The molecule has 13 heavy (non-hydrogen) atoms. The van der Waals surface area contributed by atoms with Crippen LogP contribution in [0.2, 0.25) is 0 Å². The molecule has 0 radical (unpaired) electrons. The van der Waals surface area contributed by atoms with Crippen molar-refractivity contribution < 1.29 is 17.9 Å². The van der Waals surface area contributed by atoms with Gasteiger partial charge in [0.05, 0.1) is 12.7 Å². The van der Waals surface area contributed by atoms with E-state index in [-0.39, 0.29) is 11.6 Å². The standard InChI is InChI=1S/C7H7F3N2O/c1-13-4-2-3(5(8)9)6(10)12-7(4)11/h2,5H,1H3,(H2,11,12). The topological polar surface area (TPSA) is 48.1 Å².